The van der Waals surface area contributed by atoms with Crippen molar-refractivity contribution in [2.75, 3.05) is 0 Å². The van der Waals surface area contributed by atoms with Gasteiger partial charge in [0.1, 0.15) is 0 Å². The molecule has 0 saturated carbocycles. The molecule has 0 spiro atoms. The van der Waals surface area contributed by atoms with Gasteiger partial charge in [0.25, 0.3) is 0 Å². The summed E-state index contributed by atoms with van der Waals surface area (Å²) in [6.07, 6.45) is 12.3. The summed E-state index contributed by atoms with van der Waals surface area (Å²) < 4.78 is 0. The zero-order valence-corrected chi connectivity index (χ0v) is 20.7. The number of unbranched alkanes of at least 4 members (excludes halogenated alkanes) is 1. The van der Waals surface area contributed by atoms with Crippen molar-refractivity contribution in [3.05, 3.63) is 52.0 Å². The fraction of sp³-hybridized carbons (Fsp3) is 0.667. The predicted molar refractivity (Wildman–Crippen MR) is 116 cm³/mol. The van der Waals surface area contributed by atoms with E-state index < -0.39 is 0 Å². The Kier molecular flexibility index (Phi) is 29.7. The van der Waals surface area contributed by atoms with Gasteiger partial charge >= 0.3 is 0 Å². The van der Waals surface area contributed by atoms with E-state index in [1.165, 1.54) is 6.42 Å². The van der Waals surface area contributed by atoms with Crippen LogP contribution in [0.1, 0.15) is 88.5 Å². The normalized spacial score (nSPS) is 11.9. The van der Waals surface area contributed by atoms with Gasteiger partial charge in [0.2, 0.25) is 0 Å². The summed E-state index contributed by atoms with van der Waals surface area (Å²) in [6, 6.07) is 0. The molecular weight excluding hydrogens is 336 g/mol. The van der Waals surface area contributed by atoms with Crippen LogP contribution in [0.2, 0.25) is 0 Å². The number of rotatable bonds is 1. The summed E-state index contributed by atoms with van der Waals surface area (Å²) in [5.74, 6) is 0. The number of hydrogen-bond acceptors (Lipinski definition) is 0. The van der Waals surface area contributed by atoms with Crippen molar-refractivity contribution < 1.29 is 21.7 Å². The molecule has 1 aliphatic rings. The molecule has 0 radical (unpaired) electrons. The summed E-state index contributed by atoms with van der Waals surface area (Å²) >= 11 is 0. The average Bonchev–Trinajstić information content (AvgIpc) is 2.79. The molecule has 0 aromatic carbocycles. The molecule has 1 heteroatoms. The van der Waals surface area contributed by atoms with E-state index in [1.807, 2.05) is 12.2 Å². The summed E-state index contributed by atoms with van der Waals surface area (Å²) in [5.41, 5.74) is 0.750. The Morgan fingerprint density at radius 3 is 1.08 bits per heavy atom. The molecule has 0 amide bonds. The van der Waals surface area contributed by atoms with Gasteiger partial charge < -0.3 is 27.7 Å². The molecule has 0 saturated heterocycles. The van der Waals surface area contributed by atoms with Gasteiger partial charge in [-0.25, -0.2) is 12.2 Å². The van der Waals surface area contributed by atoms with Crippen LogP contribution in [0.15, 0.2) is 18.2 Å². The second-order valence-corrected chi connectivity index (χ2v) is 9.54. The Labute approximate surface area is 178 Å². The van der Waals surface area contributed by atoms with Gasteiger partial charge in [-0.15, -0.1) is 6.42 Å². The van der Waals surface area contributed by atoms with Gasteiger partial charge in [-0.1, -0.05) is 75.7 Å². The van der Waals surface area contributed by atoms with Gasteiger partial charge in [-0.3, -0.25) is 6.08 Å². The first-order valence-corrected chi connectivity index (χ1v) is 8.98. The fourth-order valence-electron chi connectivity index (χ4n) is 0.340. The molecule has 0 aromatic heterocycles. The van der Waals surface area contributed by atoms with E-state index in [2.05, 4.69) is 109 Å². The summed E-state index contributed by atoms with van der Waals surface area (Å²) in [5, 5.41) is 0. The first kappa shape index (κ1) is 36.2. The van der Waals surface area contributed by atoms with Crippen molar-refractivity contribution in [1.82, 2.24) is 0 Å². The monoisotopic (exact) mass is 383 g/mol. The molecule has 0 unspecified atom stereocenters. The van der Waals surface area contributed by atoms with E-state index in [4.69, 9.17) is 0 Å². The predicted octanol–water partition coefficient (Wildman–Crippen LogP) is 8.52. The minimum absolute atomic E-state index is 0. The third-order valence-electron chi connectivity index (χ3n) is 0.939. The number of allylic oxidation sites excluding steroid dienone is 4. The van der Waals surface area contributed by atoms with E-state index in [1.54, 1.807) is 0 Å². The Hall–Kier alpha value is 0.194. The maximum atomic E-state index is 3.77. The van der Waals surface area contributed by atoms with Gasteiger partial charge in [-0.2, -0.15) is 28.7 Å². The molecule has 0 aromatic rings. The van der Waals surface area contributed by atoms with Crippen molar-refractivity contribution in [1.29, 1.82) is 0 Å². The zero-order chi connectivity index (χ0) is 20.4. The second kappa shape index (κ2) is 20.5. The summed E-state index contributed by atoms with van der Waals surface area (Å²) in [7, 11) is 0. The third-order valence-corrected chi connectivity index (χ3v) is 0.939. The van der Waals surface area contributed by atoms with Crippen molar-refractivity contribution in [2.45, 2.75) is 88.5 Å². The van der Waals surface area contributed by atoms with Crippen LogP contribution in [0.3, 0.4) is 0 Å². The van der Waals surface area contributed by atoms with Gasteiger partial charge in [0.15, 0.2) is 0 Å². The van der Waals surface area contributed by atoms with Crippen LogP contribution in [-0.2, 0) is 21.7 Å². The summed E-state index contributed by atoms with van der Waals surface area (Å²) in [6.45, 7) is 35.7. The second-order valence-electron chi connectivity index (χ2n) is 9.54. The van der Waals surface area contributed by atoms with Crippen LogP contribution in [0, 0.1) is 50.0 Å². The van der Waals surface area contributed by atoms with Crippen molar-refractivity contribution in [3.8, 4) is 0 Å². The molecule has 0 bridgehead atoms. The van der Waals surface area contributed by atoms with E-state index >= 15 is 0 Å². The molecule has 1 rings (SSSR count). The van der Waals surface area contributed by atoms with E-state index in [0.717, 1.165) is 12.8 Å². The first-order chi connectivity index (χ1) is 10.4. The topological polar surface area (TPSA) is 0 Å². The largest absolute Gasteiger partial charge is 0.343 e. The minimum atomic E-state index is 0. The van der Waals surface area contributed by atoms with Crippen molar-refractivity contribution in [3.63, 3.8) is 0 Å². The van der Waals surface area contributed by atoms with Crippen LogP contribution in [-0.4, -0.2) is 0 Å². The quantitative estimate of drug-likeness (QED) is 0.314. The molecule has 0 heterocycles. The molecule has 0 fully saturated rings. The zero-order valence-electron chi connectivity index (χ0n) is 19.2. The van der Waals surface area contributed by atoms with E-state index in [9.17, 15) is 0 Å². The van der Waals surface area contributed by atoms with Crippen molar-refractivity contribution >= 4 is 0 Å². The van der Waals surface area contributed by atoms with E-state index in [-0.39, 0.29) is 38.0 Å². The Balaban J connectivity index is -0.0000000662. The third kappa shape index (κ3) is 311. The number of hydrogen-bond donors (Lipinski definition) is 0. The molecule has 25 heavy (non-hydrogen) atoms. The Morgan fingerprint density at radius 2 is 1.04 bits per heavy atom. The minimum Gasteiger partial charge on any atom is -0.343 e. The molecule has 152 valence electrons. The standard InChI is InChI=1S/C5H5.3C5H11.C4H9.Ti/c1-2-4-5-3-1;3*1-5(2,3)4;1-3-4-2;/h1-3H,4H2;3*1H2,2-4H3;1,3-4H2,2H3;/q5*-1;. The van der Waals surface area contributed by atoms with Crippen LogP contribution in [0.25, 0.3) is 0 Å². The molecule has 0 aliphatic heterocycles. The Bertz CT molecular complexity index is 218. The first-order valence-electron chi connectivity index (χ1n) is 8.98. The van der Waals surface area contributed by atoms with E-state index in [0.29, 0.717) is 0 Å². The molecule has 0 N–H and O–H groups in total. The Morgan fingerprint density at radius 1 is 0.800 bits per heavy atom. The van der Waals surface area contributed by atoms with Crippen LogP contribution < -0.4 is 0 Å². The summed E-state index contributed by atoms with van der Waals surface area (Å²) in [4.78, 5) is 0. The molecule has 0 nitrogen and oxygen atoms in total. The average molecular weight is 384 g/mol. The molecule has 1 aliphatic carbocycles. The molecule has 0 atom stereocenters. The van der Waals surface area contributed by atoms with Crippen LogP contribution in [0.4, 0.5) is 0 Å². The maximum absolute atomic E-state index is 3.77. The van der Waals surface area contributed by atoms with Gasteiger partial charge in [0, 0.05) is 21.7 Å². The SMILES string of the molecule is [C-]1=CC=CC1.[CH2-]C(C)(C)C.[CH2-]C(C)(C)C.[CH2-]C(C)(C)C.[CH2-]CCC.[Ti]. The maximum Gasteiger partial charge on any atom is 0 e. The van der Waals surface area contributed by atoms with Crippen LogP contribution >= 0.6 is 0 Å². The smallest absolute Gasteiger partial charge is 0 e. The van der Waals surface area contributed by atoms with Crippen molar-refractivity contribution in [2.24, 2.45) is 16.2 Å². The van der Waals surface area contributed by atoms with Crippen LogP contribution in [0.5, 0.6) is 0 Å². The van der Waals surface area contributed by atoms with Gasteiger partial charge in [-0.05, 0) is 0 Å². The molecular formula is C24H47Ti-5. The van der Waals surface area contributed by atoms with Gasteiger partial charge in [0.05, 0.1) is 0 Å². The fourth-order valence-corrected chi connectivity index (χ4v) is 0.340.